The van der Waals surface area contributed by atoms with E-state index >= 15 is 0 Å². The summed E-state index contributed by atoms with van der Waals surface area (Å²) in [6.45, 7) is 1.03. The Labute approximate surface area is 156 Å². The van der Waals surface area contributed by atoms with Crippen LogP contribution in [0.3, 0.4) is 0 Å². The molecule has 2 amide bonds. The zero-order valence-corrected chi connectivity index (χ0v) is 14.8. The molecule has 1 aromatic heterocycles. The van der Waals surface area contributed by atoms with Gasteiger partial charge < -0.3 is 9.30 Å². The van der Waals surface area contributed by atoms with Gasteiger partial charge in [0.2, 0.25) is 0 Å². The molecular formula is C21H19N3O3. The summed E-state index contributed by atoms with van der Waals surface area (Å²) in [6, 6.07) is 12.8. The van der Waals surface area contributed by atoms with E-state index in [4.69, 9.17) is 4.74 Å². The molecule has 0 saturated carbocycles. The third kappa shape index (κ3) is 2.64. The average molecular weight is 361 g/mol. The molecule has 0 bridgehead atoms. The van der Waals surface area contributed by atoms with Crippen LogP contribution in [0.15, 0.2) is 48.8 Å². The van der Waals surface area contributed by atoms with E-state index < -0.39 is 0 Å². The highest BCUT2D eigenvalue weighted by molar-refractivity contribution is 6.21. The number of ether oxygens (including phenoxy) is 1. The number of benzene rings is 2. The molecule has 1 unspecified atom stereocenters. The first-order valence-corrected chi connectivity index (χ1v) is 9.25. The van der Waals surface area contributed by atoms with Crippen LogP contribution in [0.4, 0.5) is 0 Å². The van der Waals surface area contributed by atoms with Crippen LogP contribution in [-0.2, 0) is 11.3 Å². The lowest BCUT2D eigenvalue weighted by Crippen LogP contribution is -2.29. The van der Waals surface area contributed by atoms with Crippen LogP contribution in [0.25, 0.3) is 11.0 Å². The van der Waals surface area contributed by atoms with Crippen molar-refractivity contribution in [3.63, 3.8) is 0 Å². The molecule has 3 aromatic rings. The second kappa shape index (κ2) is 6.32. The van der Waals surface area contributed by atoms with Crippen LogP contribution in [0.5, 0.6) is 0 Å². The van der Waals surface area contributed by atoms with Crippen molar-refractivity contribution in [3.8, 4) is 0 Å². The highest BCUT2D eigenvalue weighted by Gasteiger charge is 2.35. The minimum absolute atomic E-state index is 0.0332. The minimum atomic E-state index is -0.239. The van der Waals surface area contributed by atoms with E-state index in [1.54, 1.807) is 24.3 Å². The van der Waals surface area contributed by atoms with Crippen molar-refractivity contribution in [2.45, 2.75) is 32.0 Å². The first-order valence-electron chi connectivity index (χ1n) is 9.25. The number of hydrogen-bond donors (Lipinski definition) is 0. The van der Waals surface area contributed by atoms with E-state index in [1.165, 1.54) is 4.90 Å². The van der Waals surface area contributed by atoms with Crippen molar-refractivity contribution in [2.24, 2.45) is 0 Å². The molecule has 0 radical (unpaired) electrons. The molecule has 27 heavy (non-hydrogen) atoms. The Kier molecular flexibility index (Phi) is 3.79. The molecule has 0 aliphatic carbocycles. The lowest BCUT2D eigenvalue weighted by atomic mass is 10.1. The van der Waals surface area contributed by atoms with Gasteiger partial charge in [-0.2, -0.15) is 0 Å². The van der Waals surface area contributed by atoms with Crippen molar-refractivity contribution in [1.29, 1.82) is 0 Å². The monoisotopic (exact) mass is 361 g/mol. The van der Waals surface area contributed by atoms with Crippen LogP contribution < -0.4 is 0 Å². The number of nitrogens with zero attached hydrogens (tertiary/aromatic N) is 3. The Bertz CT molecular complexity index is 1010. The smallest absolute Gasteiger partial charge is 0.261 e. The number of imidazole rings is 1. The van der Waals surface area contributed by atoms with E-state index in [2.05, 4.69) is 9.55 Å². The molecule has 2 aromatic carbocycles. The summed E-state index contributed by atoms with van der Waals surface area (Å²) < 4.78 is 7.93. The molecule has 5 rings (SSSR count). The fraction of sp³-hybridized carbons (Fsp3) is 0.286. The maximum Gasteiger partial charge on any atom is 0.261 e. The summed E-state index contributed by atoms with van der Waals surface area (Å²) in [7, 11) is 0. The maximum atomic E-state index is 12.6. The fourth-order valence-electron chi connectivity index (χ4n) is 3.91. The van der Waals surface area contributed by atoms with Gasteiger partial charge in [0.15, 0.2) is 0 Å². The summed E-state index contributed by atoms with van der Waals surface area (Å²) in [5.74, 6) is -0.478. The van der Waals surface area contributed by atoms with E-state index in [-0.39, 0.29) is 24.6 Å². The number of imide groups is 1. The summed E-state index contributed by atoms with van der Waals surface area (Å²) in [4.78, 5) is 30.9. The molecule has 0 spiro atoms. The topological polar surface area (TPSA) is 64.4 Å². The van der Waals surface area contributed by atoms with E-state index in [1.807, 2.05) is 24.5 Å². The Balaban J connectivity index is 1.42. The van der Waals surface area contributed by atoms with Crippen LogP contribution in [0.1, 0.15) is 51.8 Å². The van der Waals surface area contributed by atoms with Crippen molar-refractivity contribution in [3.05, 3.63) is 65.5 Å². The molecule has 6 nitrogen and oxygen atoms in total. The molecule has 6 heteroatoms. The van der Waals surface area contributed by atoms with Gasteiger partial charge in [0.25, 0.3) is 11.8 Å². The average Bonchev–Trinajstić information content (AvgIpc) is 3.24. The second-order valence-corrected chi connectivity index (χ2v) is 7.04. The Hall–Kier alpha value is -2.99. The van der Waals surface area contributed by atoms with Gasteiger partial charge >= 0.3 is 0 Å². The Morgan fingerprint density at radius 3 is 2.52 bits per heavy atom. The van der Waals surface area contributed by atoms with Crippen LogP contribution in [-0.4, -0.2) is 32.9 Å². The molecular weight excluding hydrogens is 342 g/mol. The number of hydrogen-bond acceptors (Lipinski definition) is 4. The van der Waals surface area contributed by atoms with E-state index in [0.29, 0.717) is 11.1 Å². The van der Waals surface area contributed by atoms with Crippen molar-refractivity contribution in [2.75, 3.05) is 6.61 Å². The van der Waals surface area contributed by atoms with Crippen molar-refractivity contribution < 1.29 is 14.3 Å². The molecule has 1 fully saturated rings. The van der Waals surface area contributed by atoms with Gasteiger partial charge in [0, 0.05) is 6.61 Å². The van der Waals surface area contributed by atoms with Gasteiger partial charge in [-0.1, -0.05) is 18.2 Å². The molecule has 0 N–H and O–H groups in total. The van der Waals surface area contributed by atoms with Crippen LogP contribution in [0.2, 0.25) is 0 Å². The van der Waals surface area contributed by atoms with Crippen LogP contribution in [0, 0.1) is 0 Å². The predicted octanol–water partition coefficient (Wildman–Crippen LogP) is 3.53. The first kappa shape index (κ1) is 16.2. The highest BCUT2D eigenvalue weighted by atomic mass is 16.5. The Morgan fingerprint density at radius 1 is 1.04 bits per heavy atom. The normalized spacial score (nSPS) is 19.7. The van der Waals surface area contributed by atoms with Gasteiger partial charge in [-0.15, -0.1) is 0 Å². The number of rotatable bonds is 3. The summed E-state index contributed by atoms with van der Waals surface area (Å²) in [5.41, 5.74) is 3.68. The highest BCUT2D eigenvalue weighted by Crippen LogP contribution is 2.28. The number of carbonyl (C=O) groups excluding carboxylic acids is 2. The SMILES string of the molecule is O=C1c2ccccc2C(=O)N1Cc1ccc2c(c1)ncn2C1CCCCO1. The summed E-state index contributed by atoms with van der Waals surface area (Å²) >= 11 is 0. The first-order chi connectivity index (χ1) is 13.2. The lowest BCUT2D eigenvalue weighted by Gasteiger charge is -2.24. The maximum absolute atomic E-state index is 12.6. The van der Waals surface area contributed by atoms with E-state index in [0.717, 1.165) is 42.5 Å². The quantitative estimate of drug-likeness (QED) is 0.670. The number of amides is 2. The summed E-state index contributed by atoms with van der Waals surface area (Å²) in [6.07, 6.45) is 5.09. The van der Waals surface area contributed by atoms with Gasteiger partial charge in [-0.25, -0.2) is 4.98 Å². The zero-order chi connectivity index (χ0) is 18.4. The molecule has 3 heterocycles. The van der Waals surface area contributed by atoms with Gasteiger partial charge in [0.1, 0.15) is 6.23 Å². The second-order valence-electron chi connectivity index (χ2n) is 7.04. The van der Waals surface area contributed by atoms with Crippen molar-refractivity contribution in [1.82, 2.24) is 14.5 Å². The Morgan fingerprint density at radius 2 is 1.81 bits per heavy atom. The zero-order valence-electron chi connectivity index (χ0n) is 14.8. The molecule has 1 atom stereocenters. The number of fused-ring (bicyclic) bond motifs is 2. The van der Waals surface area contributed by atoms with Crippen molar-refractivity contribution >= 4 is 22.8 Å². The van der Waals surface area contributed by atoms with Gasteiger partial charge in [-0.3, -0.25) is 14.5 Å². The number of aromatic nitrogens is 2. The largest absolute Gasteiger partial charge is 0.358 e. The van der Waals surface area contributed by atoms with Gasteiger partial charge in [0.05, 0.1) is 35.0 Å². The van der Waals surface area contributed by atoms with Gasteiger partial charge in [-0.05, 0) is 49.1 Å². The number of carbonyl (C=O) groups is 2. The molecule has 2 aliphatic rings. The minimum Gasteiger partial charge on any atom is -0.358 e. The molecule has 2 aliphatic heterocycles. The standard InChI is InChI=1S/C21H19N3O3/c25-20-15-5-1-2-6-16(15)21(26)23(20)12-14-8-9-18-17(11-14)22-13-24(18)19-7-3-4-10-27-19/h1-2,5-6,8-9,11,13,19H,3-4,7,10,12H2. The fourth-order valence-corrected chi connectivity index (χ4v) is 3.91. The third-order valence-corrected chi connectivity index (χ3v) is 5.32. The summed E-state index contributed by atoms with van der Waals surface area (Å²) in [5, 5.41) is 0. The lowest BCUT2D eigenvalue weighted by molar-refractivity contribution is -0.0295. The van der Waals surface area contributed by atoms with E-state index in [9.17, 15) is 9.59 Å². The predicted molar refractivity (Wildman–Crippen MR) is 99.2 cm³/mol. The van der Waals surface area contributed by atoms with Crippen LogP contribution >= 0.6 is 0 Å². The molecule has 1 saturated heterocycles. The molecule has 136 valence electrons. The third-order valence-electron chi connectivity index (χ3n) is 5.32.